The van der Waals surface area contributed by atoms with Crippen LogP contribution in [0.1, 0.15) is 25.2 Å². The number of methoxy groups -OCH3 is 2. The van der Waals surface area contributed by atoms with Crippen LogP contribution in [0.5, 0.6) is 11.5 Å². The van der Waals surface area contributed by atoms with Crippen LogP contribution in [0.2, 0.25) is 0 Å². The second-order valence-corrected chi connectivity index (χ2v) is 6.37. The highest BCUT2D eigenvalue weighted by atomic mass is 16.5. The molecule has 142 valence electrons. The first-order valence-corrected chi connectivity index (χ1v) is 8.87. The number of hydrogen-bond acceptors (Lipinski definition) is 4. The van der Waals surface area contributed by atoms with E-state index < -0.39 is 0 Å². The number of furan rings is 1. The number of aliphatic imine (C=N–C) groups is 1. The first-order chi connectivity index (χ1) is 12.6. The fourth-order valence-corrected chi connectivity index (χ4v) is 2.38. The molecule has 2 aromatic rings. The Morgan fingerprint density at radius 1 is 1.15 bits per heavy atom. The molecule has 0 aliphatic carbocycles. The topological polar surface area (TPSA) is 68.0 Å². The van der Waals surface area contributed by atoms with E-state index in [1.54, 1.807) is 20.5 Å². The van der Waals surface area contributed by atoms with Crippen molar-refractivity contribution in [2.24, 2.45) is 10.9 Å². The molecule has 6 nitrogen and oxygen atoms in total. The summed E-state index contributed by atoms with van der Waals surface area (Å²) in [6.45, 7) is 6.45. The fraction of sp³-hybridized carbons (Fsp3) is 0.450. The summed E-state index contributed by atoms with van der Waals surface area (Å²) in [4.78, 5) is 4.69. The van der Waals surface area contributed by atoms with E-state index in [1.165, 1.54) is 0 Å². The van der Waals surface area contributed by atoms with E-state index >= 15 is 0 Å². The number of guanidine groups is 1. The van der Waals surface area contributed by atoms with Gasteiger partial charge in [0, 0.05) is 31.1 Å². The Balaban J connectivity index is 2.00. The van der Waals surface area contributed by atoms with Crippen molar-refractivity contribution in [2.75, 3.05) is 27.3 Å². The third kappa shape index (κ3) is 6.35. The molecule has 0 amide bonds. The van der Waals surface area contributed by atoms with Gasteiger partial charge in [-0.25, -0.2) is 4.99 Å². The Kier molecular flexibility index (Phi) is 7.86. The van der Waals surface area contributed by atoms with Crippen LogP contribution in [0.15, 0.2) is 46.0 Å². The standard InChI is InChI=1S/C20H29N3O3/c1-15(2)13-22-20(21-10-9-17-6-5-11-26-17)23-14-16-7-8-18(24-3)12-19(16)25-4/h5-8,11-12,15H,9-10,13-14H2,1-4H3,(H2,21,22,23). The molecule has 0 saturated heterocycles. The lowest BCUT2D eigenvalue weighted by Crippen LogP contribution is -2.40. The summed E-state index contributed by atoms with van der Waals surface area (Å²) in [5.74, 6) is 3.81. The zero-order valence-electron chi connectivity index (χ0n) is 16.0. The second-order valence-electron chi connectivity index (χ2n) is 6.37. The molecule has 0 unspecified atom stereocenters. The highest BCUT2D eigenvalue weighted by Gasteiger charge is 2.06. The van der Waals surface area contributed by atoms with Gasteiger partial charge in [-0.05, 0) is 30.2 Å². The smallest absolute Gasteiger partial charge is 0.191 e. The van der Waals surface area contributed by atoms with Gasteiger partial charge in [0.25, 0.3) is 0 Å². The van der Waals surface area contributed by atoms with Crippen LogP contribution < -0.4 is 20.1 Å². The Morgan fingerprint density at radius 2 is 2.00 bits per heavy atom. The molecule has 26 heavy (non-hydrogen) atoms. The number of hydrogen-bond donors (Lipinski definition) is 2. The van der Waals surface area contributed by atoms with Crippen LogP contribution in [0, 0.1) is 5.92 Å². The van der Waals surface area contributed by atoms with Crippen molar-refractivity contribution >= 4 is 5.96 Å². The van der Waals surface area contributed by atoms with Gasteiger partial charge in [0.2, 0.25) is 0 Å². The molecule has 1 aromatic heterocycles. The molecule has 2 rings (SSSR count). The van der Waals surface area contributed by atoms with Gasteiger partial charge >= 0.3 is 0 Å². The summed E-state index contributed by atoms with van der Waals surface area (Å²) in [5.41, 5.74) is 1.00. The summed E-state index contributed by atoms with van der Waals surface area (Å²) in [6.07, 6.45) is 2.50. The molecular formula is C20H29N3O3. The van der Waals surface area contributed by atoms with Gasteiger partial charge in [0.1, 0.15) is 17.3 Å². The maximum Gasteiger partial charge on any atom is 0.191 e. The van der Waals surface area contributed by atoms with Crippen molar-refractivity contribution in [3.63, 3.8) is 0 Å². The van der Waals surface area contributed by atoms with E-state index in [2.05, 4.69) is 24.5 Å². The van der Waals surface area contributed by atoms with Crippen LogP contribution in [-0.2, 0) is 13.0 Å². The number of nitrogens with one attached hydrogen (secondary N) is 2. The third-order valence-electron chi connectivity index (χ3n) is 3.82. The van der Waals surface area contributed by atoms with Gasteiger partial charge in [-0.15, -0.1) is 0 Å². The Labute approximate surface area is 155 Å². The molecule has 0 atom stereocenters. The SMILES string of the molecule is COc1ccc(CN=C(NCCc2ccco2)NCC(C)C)c(OC)c1. The molecule has 0 spiro atoms. The van der Waals surface area contributed by atoms with Gasteiger partial charge in [-0.1, -0.05) is 13.8 Å². The molecule has 6 heteroatoms. The Hall–Kier alpha value is -2.63. The van der Waals surface area contributed by atoms with Crippen molar-refractivity contribution in [1.29, 1.82) is 0 Å². The maximum atomic E-state index is 5.45. The fourth-order valence-electron chi connectivity index (χ4n) is 2.38. The zero-order valence-corrected chi connectivity index (χ0v) is 16.0. The maximum absolute atomic E-state index is 5.45. The average Bonchev–Trinajstić information content (AvgIpc) is 3.16. The van der Waals surface area contributed by atoms with E-state index in [0.29, 0.717) is 12.5 Å². The third-order valence-corrected chi connectivity index (χ3v) is 3.82. The predicted molar refractivity (Wildman–Crippen MR) is 104 cm³/mol. The molecule has 0 fully saturated rings. The summed E-state index contributed by atoms with van der Waals surface area (Å²) < 4.78 is 16.1. The van der Waals surface area contributed by atoms with Crippen molar-refractivity contribution in [3.05, 3.63) is 47.9 Å². The minimum atomic E-state index is 0.515. The van der Waals surface area contributed by atoms with E-state index in [9.17, 15) is 0 Å². The van der Waals surface area contributed by atoms with Gasteiger partial charge in [0.15, 0.2) is 5.96 Å². The molecule has 2 N–H and O–H groups in total. The first-order valence-electron chi connectivity index (χ1n) is 8.87. The van der Waals surface area contributed by atoms with Crippen LogP contribution in [0.4, 0.5) is 0 Å². The monoisotopic (exact) mass is 359 g/mol. The van der Waals surface area contributed by atoms with Gasteiger partial charge in [-0.2, -0.15) is 0 Å². The lowest BCUT2D eigenvalue weighted by Gasteiger charge is -2.14. The summed E-state index contributed by atoms with van der Waals surface area (Å²) in [5, 5.41) is 6.73. The molecule has 0 radical (unpaired) electrons. The van der Waals surface area contributed by atoms with E-state index in [1.807, 2.05) is 30.3 Å². The average molecular weight is 359 g/mol. The lowest BCUT2D eigenvalue weighted by molar-refractivity contribution is 0.391. The molecule has 0 saturated carbocycles. The molecule has 0 bridgehead atoms. The summed E-state index contributed by atoms with van der Waals surface area (Å²) >= 11 is 0. The highest BCUT2D eigenvalue weighted by Crippen LogP contribution is 2.25. The van der Waals surface area contributed by atoms with Crippen LogP contribution >= 0.6 is 0 Å². The largest absolute Gasteiger partial charge is 0.497 e. The van der Waals surface area contributed by atoms with Gasteiger partial charge < -0.3 is 24.5 Å². The quantitative estimate of drug-likeness (QED) is 0.531. The Bertz CT molecular complexity index is 682. The highest BCUT2D eigenvalue weighted by molar-refractivity contribution is 5.79. The number of rotatable bonds is 9. The van der Waals surface area contributed by atoms with Crippen LogP contribution in [-0.4, -0.2) is 33.3 Å². The molecule has 0 aliphatic heterocycles. The second kappa shape index (κ2) is 10.4. The molecular weight excluding hydrogens is 330 g/mol. The van der Waals surface area contributed by atoms with Crippen molar-refractivity contribution in [2.45, 2.75) is 26.8 Å². The van der Waals surface area contributed by atoms with Gasteiger partial charge in [-0.3, -0.25) is 0 Å². The number of benzene rings is 1. The van der Waals surface area contributed by atoms with E-state index in [-0.39, 0.29) is 0 Å². The van der Waals surface area contributed by atoms with Gasteiger partial charge in [0.05, 0.1) is 27.0 Å². The molecule has 1 heterocycles. The minimum absolute atomic E-state index is 0.515. The Morgan fingerprint density at radius 3 is 2.65 bits per heavy atom. The van der Waals surface area contributed by atoms with Crippen LogP contribution in [0.25, 0.3) is 0 Å². The first kappa shape index (κ1) is 19.7. The van der Waals surface area contributed by atoms with Crippen LogP contribution in [0.3, 0.4) is 0 Å². The van der Waals surface area contributed by atoms with Crippen molar-refractivity contribution in [1.82, 2.24) is 10.6 Å². The van der Waals surface area contributed by atoms with E-state index in [0.717, 1.165) is 48.3 Å². The zero-order chi connectivity index (χ0) is 18.8. The van der Waals surface area contributed by atoms with E-state index in [4.69, 9.17) is 18.9 Å². The number of ether oxygens (including phenoxy) is 2. The summed E-state index contributed by atoms with van der Waals surface area (Å²) in [7, 11) is 3.30. The molecule has 0 aliphatic rings. The normalized spacial score (nSPS) is 11.5. The summed E-state index contributed by atoms with van der Waals surface area (Å²) in [6, 6.07) is 9.64. The minimum Gasteiger partial charge on any atom is -0.497 e. The van der Waals surface area contributed by atoms with Crippen molar-refractivity contribution in [3.8, 4) is 11.5 Å². The van der Waals surface area contributed by atoms with Crippen molar-refractivity contribution < 1.29 is 13.9 Å². The number of nitrogens with zero attached hydrogens (tertiary/aromatic N) is 1. The predicted octanol–water partition coefficient (Wildman–Crippen LogP) is 3.23. The lowest BCUT2D eigenvalue weighted by atomic mass is 10.2. The molecule has 1 aromatic carbocycles.